The Balaban J connectivity index is 1.93. The third kappa shape index (κ3) is 3.45. The molecule has 0 atom stereocenters. The fraction of sp³-hybridized carbons (Fsp3) is 0.100. The molecule has 2 rings (SSSR count). The number of nitrogens with zero attached hydrogens (tertiary/aromatic N) is 4. The number of anilines is 1. The van der Waals surface area contributed by atoms with Gasteiger partial charge >= 0.3 is 0 Å². The number of nitro benzene ring substituents is 1. The number of nitro groups is 1. The number of non-ortho nitro benzene ring substituents is 1. The van der Waals surface area contributed by atoms with Crippen molar-refractivity contribution in [2.75, 3.05) is 16.9 Å². The Morgan fingerprint density at radius 3 is 3.00 bits per heavy atom. The van der Waals surface area contributed by atoms with Crippen molar-refractivity contribution in [1.29, 1.82) is 0 Å². The van der Waals surface area contributed by atoms with Crippen molar-refractivity contribution < 1.29 is 9.72 Å². The van der Waals surface area contributed by atoms with Gasteiger partial charge in [0.2, 0.25) is 11.1 Å². The number of nitrogens with one attached hydrogen (secondary N) is 1. The van der Waals surface area contributed by atoms with Crippen molar-refractivity contribution in [2.45, 2.75) is 5.16 Å². The smallest absolute Gasteiger partial charge is 0.271 e. The second-order valence-electron chi connectivity index (χ2n) is 3.67. The Kier molecular flexibility index (Phi) is 4.15. The topological polar surface area (TPSA) is 129 Å². The van der Waals surface area contributed by atoms with Crippen LogP contribution >= 0.6 is 11.8 Å². The number of carbonyl (C=O) groups is 1. The molecule has 20 heavy (non-hydrogen) atoms. The van der Waals surface area contributed by atoms with Crippen LogP contribution in [0.2, 0.25) is 0 Å². The number of aromatic nitrogens is 3. The van der Waals surface area contributed by atoms with Crippen molar-refractivity contribution in [1.82, 2.24) is 14.9 Å². The summed E-state index contributed by atoms with van der Waals surface area (Å²) in [6.45, 7) is 0. The van der Waals surface area contributed by atoms with Crippen LogP contribution in [0.15, 0.2) is 35.7 Å². The summed E-state index contributed by atoms with van der Waals surface area (Å²) >= 11 is 1.11. The van der Waals surface area contributed by atoms with Gasteiger partial charge in [0.25, 0.3) is 5.69 Å². The molecule has 1 heterocycles. The maximum Gasteiger partial charge on any atom is 0.271 e. The van der Waals surface area contributed by atoms with E-state index in [9.17, 15) is 14.9 Å². The molecule has 0 radical (unpaired) electrons. The number of thioether (sulfide) groups is 1. The number of nitrogen functional groups attached to an aromatic ring is 1. The minimum Gasteiger partial charge on any atom is -0.336 e. The Labute approximate surface area is 117 Å². The van der Waals surface area contributed by atoms with E-state index in [0.717, 1.165) is 11.8 Å². The van der Waals surface area contributed by atoms with Gasteiger partial charge in [0, 0.05) is 17.8 Å². The van der Waals surface area contributed by atoms with Crippen LogP contribution in [-0.2, 0) is 4.79 Å². The summed E-state index contributed by atoms with van der Waals surface area (Å²) in [7, 11) is 0. The number of hydrogen-bond donors (Lipinski definition) is 2. The van der Waals surface area contributed by atoms with Crippen molar-refractivity contribution >= 4 is 29.0 Å². The minimum atomic E-state index is -0.526. The van der Waals surface area contributed by atoms with Gasteiger partial charge in [0.1, 0.15) is 6.33 Å². The zero-order valence-electron chi connectivity index (χ0n) is 10.1. The number of amides is 1. The van der Waals surface area contributed by atoms with Crippen LogP contribution in [0, 0.1) is 10.1 Å². The number of benzene rings is 1. The Morgan fingerprint density at radius 1 is 1.55 bits per heavy atom. The van der Waals surface area contributed by atoms with Crippen molar-refractivity contribution in [2.24, 2.45) is 0 Å². The predicted octanol–water partition coefficient (Wildman–Crippen LogP) is 0.631. The molecule has 0 aliphatic heterocycles. The molecule has 0 bridgehead atoms. The molecule has 0 unspecified atom stereocenters. The first-order valence-corrected chi connectivity index (χ1v) is 6.37. The maximum absolute atomic E-state index is 11.7. The lowest BCUT2D eigenvalue weighted by Crippen LogP contribution is -2.15. The molecule has 1 amide bonds. The zero-order chi connectivity index (χ0) is 14.5. The molecule has 0 aliphatic rings. The van der Waals surface area contributed by atoms with Crippen LogP contribution in [-0.4, -0.2) is 31.5 Å². The lowest BCUT2D eigenvalue weighted by molar-refractivity contribution is -0.384. The van der Waals surface area contributed by atoms with Gasteiger partial charge in [-0.05, 0) is 6.07 Å². The molecule has 2 aromatic rings. The average molecular weight is 294 g/mol. The molecule has 0 spiro atoms. The first kappa shape index (κ1) is 13.8. The van der Waals surface area contributed by atoms with Gasteiger partial charge in [-0.15, -0.1) is 10.2 Å². The molecule has 10 heteroatoms. The summed E-state index contributed by atoms with van der Waals surface area (Å²) in [5.74, 6) is 5.24. The first-order chi connectivity index (χ1) is 9.56. The van der Waals surface area contributed by atoms with Crippen LogP contribution in [0.1, 0.15) is 0 Å². The van der Waals surface area contributed by atoms with E-state index in [1.165, 1.54) is 29.2 Å². The van der Waals surface area contributed by atoms with Crippen LogP contribution in [0.5, 0.6) is 0 Å². The summed E-state index contributed by atoms with van der Waals surface area (Å²) in [4.78, 5) is 21.8. The third-order valence-electron chi connectivity index (χ3n) is 2.21. The van der Waals surface area contributed by atoms with Crippen LogP contribution in [0.3, 0.4) is 0 Å². The van der Waals surface area contributed by atoms with E-state index in [2.05, 4.69) is 15.5 Å². The van der Waals surface area contributed by atoms with Gasteiger partial charge in [-0.3, -0.25) is 14.9 Å². The van der Waals surface area contributed by atoms with Gasteiger partial charge in [0.05, 0.1) is 10.7 Å². The molecule has 1 aromatic carbocycles. The van der Waals surface area contributed by atoms with Crippen LogP contribution in [0.25, 0.3) is 0 Å². The fourth-order valence-electron chi connectivity index (χ4n) is 1.36. The predicted molar refractivity (Wildman–Crippen MR) is 72.6 cm³/mol. The summed E-state index contributed by atoms with van der Waals surface area (Å²) in [6.07, 6.45) is 1.32. The van der Waals surface area contributed by atoms with Gasteiger partial charge in [-0.25, -0.2) is 4.68 Å². The van der Waals surface area contributed by atoms with E-state index in [1.54, 1.807) is 6.07 Å². The summed E-state index contributed by atoms with van der Waals surface area (Å²) in [6, 6.07) is 5.70. The summed E-state index contributed by atoms with van der Waals surface area (Å²) in [5.41, 5.74) is 0.274. The number of carbonyl (C=O) groups excluding carboxylic acids is 1. The van der Waals surface area contributed by atoms with E-state index in [-0.39, 0.29) is 17.3 Å². The van der Waals surface area contributed by atoms with Gasteiger partial charge in [0.15, 0.2) is 0 Å². The second-order valence-corrected chi connectivity index (χ2v) is 4.61. The van der Waals surface area contributed by atoms with Gasteiger partial charge in [-0.1, -0.05) is 17.8 Å². The zero-order valence-corrected chi connectivity index (χ0v) is 10.9. The lowest BCUT2D eigenvalue weighted by Gasteiger charge is -2.04. The molecule has 0 fully saturated rings. The van der Waals surface area contributed by atoms with E-state index in [4.69, 9.17) is 5.84 Å². The molecule has 9 nitrogen and oxygen atoms in total. The standard InChI is InChI=1S/C10H10N6O3S/c11-15-6-12-14-10(15)20-5-9(17)13-7-2-1-3-8(4-7)16(18)19/h1-4,6H,5,11H2,(H,13,17). The molecule has 0 aliphatic carbocycles. The van der Waals surface area contributed by atoms with Gasteiger partial charge in [-0.2, -0.15) is 0 Å². The number of hydrogen-bond acceptors (Lipinski definition) is 7. The van der Waals surface area contributed by atoms with E-state index in [0.29, 0.717) is 10.8 Å². The summed E-state index contributed by atoms with van der Waals surface area (Å²) in [5, 5.41) is 20.9. The molecule has 0 saturated carbocycles. The molecule has 1 aromatic heterocycles. The van der Waals surface area contributed by atoms with E-state index >= 15 is 0 Å². The van der Waals surface area contributed by atoms with Crippen molar-refractivity contribution in [3.8, 4) is 0 Å². The van der Waals surface area contributed by atoms with Crippen molar-refractivity contribution in [3.05, 3.63) is 40.7 Å². The third-order valence-corrected chi connectivity index (χ3v) is 3.17. The quantitative estimate of drug-likeness (QED) is 0.358. The maximum atomic E-state index is 11.7. The highest BCUT2D eigenvalue weighted by Crippen LogP contribution is 2.18. The molecular formula is C10H10N6O3S. The largest absolute Gasteiger partial charge is 0.336 e. The Bertz CT molecular complexity index is 643. The minimum absolute atomic E-state index is 0.0680. The monoisotopic (exact) mass is 294 g/mol. The lowest BCUT2D eigenvalue weighted by atomic mass is 10.3. The highest BCUT2D eigenvalue weighted by atomic mass is 32.2. The Morgan fingerprint density at radius 2 is 2.35 bits per heavy atom. The molecule has 3 N–H and O–H groups in total. The number of rotatable bonds is 5. The SMILES string of the molecule is Nn1cnnc1SCC(=O)Nc1cccc([N+](=O)[O-])c1. The first-order valence-electron chi connectivity index (χ1n) is 5.38. The van der Waals surface area contributed by atoms with E-state index in [1.807, 2.05) is 0 Å². The highest BCUT2D eigenvalue weighted by molar-refractivity contribution is 7.99. The van der Waals surface area contributed by atoms with Crippen LogP contribution < -0.4 is 11.2 Å². The highest BCUT2D eigenvalue weighted by Gasteiger charge is 2.10. The molecule has 104 valence electrons. The fourth-order valence-corrected chi connectivity index (χ4v) is 1.99. The number of nitrogens with two attached hydrogens (primary N) is 1. The summed E-state index contributed by atoms with van der Waals surface area (Å²) < 4.78 is 1.20. The normalized spacial score (nSPS) is 10.2. The van der Waals surface area contributed by atoms with Crippen LogP contribution in [0.4, 0.5) is 11.4 Å². The second kappa shape index (κ2) is 6.02. The average Bonchev–Trinajstić information content (AvgIpc) is 2.82. The Hall–Kier alpha value is -2.62. The molecular weight excluding hydrogens is 284 g/mol. The van der Waals surface area contributed by atoms with Crippen molar-refractivity contribution in [3.63, 3.8) is 0 Å². The molecule has 0 saturated heterocycles. The van der Waals surface area contributed by atoms with Gasteiger partial charge < -0.3 is 11.2 Å². The van der Waals surface area contributed by atoms with E-state index < -0.39 is 4.92 Å².